The molecule has 0 radical (unpaired) electrons. The maximum absolute atomic E-state index is 14.0. The average Bonchev–Trinajstić information content (AvgIpc) is 3.47. The summed E-state index contributed by atoms with van der Waals surface area (Å²) in [6.07, 6.45) is 3.36. The molecule has 3 aromatic carbocycles. The molecule has 1 saturated heterocycles. The highest BCUT2D eigenvalue weighted by Crippen LogP contribution is 2.50. The molecule has 1 fully saturated rings. The lowest BCUT2D eigenvalue weighted by Crippen LogP contribution is -2.29. The third-order valence-corrected chi connectivity index (χ3v) is 7.49. The van der Waals surface area contributed by atoms with Crippen LogP contribution in [0.15, 0.2) is 91.3 Å². The minimum atomic E-state index is -0.575. The lowest BCUT2D eigenvalue weighted by molar-refractivity contribution is -0.120. The summed E-state index contributed by atoms with van der Waals surface area (Å²) in [6.45, 7) is 3.88. The number of carbonyl (C=O) groups is 2. The number of benzene rings is 3. The Morgan fingerprint density at radius 1 is 0.974 bits per heavy atom. The first-order valence-electron chi connectivity index (χ1n) is 12.7. The number of amides is 2. The number of rotatable bonds is 5. The predicted molar refractivity (Wildman–Crippen MR) is 147 cm³/mol. The maximum Gasteiger partial charge on any atom is 0.250 e. The molecule has 0 saturated carbocycles. The maximum atomic E-state index is 14.0. The van der Waals surface area contributed by atoms with Crippen molar-refractivity contribution in [2.24, 2.45) is 11.7 Å². The molecule has 2 amide bonds. The van der Waals surface area contributed by atoms with Gasteiger partial charge in [-0.3, -0.25) is 14.6 Å². The second-order valence-corrected chi connectivity index (χ2v) is 9.96. The summed E-state index contributed by atoms with van der Waals surface area (Å²) in [5.74, 6) is -1.82. The van der Waals surface area contributed by atoms with E-state index in [0.29, 0.717) is 16.9 Å². The molecule has 194 valence electrons. The van der Waals surface area contributed by atoms with Gasteiger partial charge in [-0.2, -0.15) is 5.10 Å². The Hall–Kier alpha value is -4.85. The number of fused-ring (bicyclic) bond motifs is 1. The van der Waals surface area contributed by atoms with E-state index in [1.54, 1.807) is 46.2 Å². The van der Waals surface area contributed by atoms with Crippen LogP contribution < -0.4 is 10.6 Å². The normalized spacial score (nSPS) is 19.1. The van der Waals surface area contributed by atoms with Gasteiger partial charge in [-0.05, 0) is 67.1 Å². The van der Waals surface area contributed by atoms with Crippen LogP contribution in [0.2, 0.25) is 0 Å². The molecular weight excluding hydrogens is 493 g/mol. The highest BCUT2D eigenvalue weighted by molar-refractivity contribution is 6.02. The Labute approximate surface area is 224 Å². The van der Waals surface area contributed by atoms with E-state index in [-0.39, 0.29) is 11.7 Å². The van der Waals surface area contributed by atoms with Gasteiger partial charge in [0.05, 0.1) is 34.7 Å². The van der Waals surface area contributed by atoms with Crippen LogP contribution in [0, 0.1) is 18.7 Å². The summed E-state index contributed by atoms with van der Waals surface area (Å²) >= 11 is 0. The van der Waals surface area contributed by atoms with Crippen LogP contribution >= 0.6 is 0 Å². The number of hydrogen-bond donors (Lipinski definition) is 1. The Bertz CT molecular complexity index is 1730. The van der Waals surface area contributed by atoms with Crippen molar-refractivity contribution in [2.75, 3.05) is 4.90 Å². The molecule has 39 heavy (non-hydrogen) atoms. The van der Waals surface area contributed by atoms with Crippen LogP contribution in [-0.4, -0.2) is 26.6 Å². The van der Waals surface area contributed by atoms with Gasteiger partial charge in [0.1, 0.15) is 5.82 Å². The first-order valence-corrected chi connectivity index (χ1v) is 12.7. The van der Waals surface area contributed by atoms with E-state index in [0.717, 1.165) is 27.7 Å². The number of anilines is 1. The molecule has 0 aliphatic carbocycles. The number of aromatic nitrogens is 3. The van der Waals surface area contributed by atoms with Gasteiger partial charge in [0.2, 0.25) is 5.91 Å². The molecule has 8 heteroatoms. The van der Waals surface area contributed by atoms with Crippen molar-refractivity contribution in [2.45, 2.75) is 25.8 Å². The van der Waals surface area contributed by atoms with Gasteiger partial charge in [0, 0.05) is 29.1 Å². The molecule has 3 unspecified atom stereocenters. The fraction of sp³-hybridized carbons (Fsp3) is 0.161. The molecule has 5 aromatic rings. The fourth-order valence-corrected chi connectivity index (χ4v) is 5.68. The van der Waals surface area contributed by atoms with Crippen LogP contribution in [0.25, 0.3) is 16.6 Å². The van der Waals surface area contributed by atoms with E-state index in [9.17, 15) is 14.0 Å². The molecule has 7 nitrogen and oxygen atoms in total. The van der Waals surface area contributed by atoms with Crippen LogP contribution in [-0.2, 0) is 4.79 Å². The van der Waals surface area contributed by atoms with Crippen LogP contribution in [0.3, 0.4) is 0 Å². The molecule has 0 bridgehead atoms. The number of nitrogens with zero attached hydrogens (tertiary/aromatic N) is 4. The zero-order valence-corrected chi connectivity index (χ0v) is 21.5. The number of carbonyl (C=O) groups excluding carboxylic acids is 2. The minimum absolute atomic E-state index is 0.0714. The number of aryl methyl sites for hydroxylation is 1. The summed E-state index contributed by atoms with van der Waals surface area (Å²) in [4.78, 5) is 32.7. The topological polar surface area (TPSA) is 94.1 Å². The Morgan fingerprint density at radius 2 is 1.74 bits per heavy atom. The van der Waals surface area contributed by atoms with E-state index in [1.807, 2.05) is 50.2 Å². The Balaban J connectivity index is 1.50. The molecule has 0 spiro atoms. The minimum Gasteiger partial charge on any atom is -0.366 e. The van der Waals surface area contributed by atoms with Crippen LogP contribution in [0.4, 0.5) is 10.1 Å². The summed E-state index contributed by atoms with van der Waals surface area (Å²) in [7, 11) is 0. The lowest BCUT2D eigenvalue weighted by Gasteiger charge is -2.29. The van der Waals surface area contributed by atoms with Crippen molar-refractivity contribution in [3.8, 4) is 5.69 Å². The zero-order chi connectivity index (χ0) is 27.3. The number of halogens is 1. The third-order valence-electron chi connectivity index (χ3n) is 7.49. The van der Waals surface area contributed by atoms with Crippen molar-refractivity contribution in [1.29, 1.82) is 0 Å². The summed E-state index contributed by atoms with van der Waals surface area (Å²) in [6, 6.07) is 22.8. The van der Waals surface area contributed by atoms with Crippen LogP contribution in [0.5, 0.6) is 0 Å². The lowest BCUT2D eigenvalue weighted by atomic mass is 9.82. The van der Waals surface area contributed by atoms with E-state index in [4.69, 9.17) is 5.73 Å². The number of pyridine rings is 1. The quantitative estimate of drug-likeness (QED) is 0.333. The third kappa shape index (κ3) is 4.14. The van der Waals surface area contributed by atoms with Gasteiger partial charge in [-0.25, -0.2) is 9.07 Å². The van der Waals surface area contributed by atoms with Crippen molar-refractivity contribution in [3.63, 3.8) is 0 Å². The molecule has 1 aliphatic heterocycles. The first kappa shape index (κ1) is 24.5. The van der Waals surface area contributed by atoms with Crippen molar-refractivity contribution in [3.05, 3.63) is 119 Å². The number of hydrogen-bond acceptors (Lipinski definition) is 4. The monoisotopic (exact) mass is 519 g/mol. The van der Waals surface area contributed by atoms with Crippen molar-refractivity contribution >= 4 is 28.4 Å². The highest BCUT2D eigenvalue weighted by Gasteiger charge is 2.49. The summed E-state index contributed by atoms with van der Waals surface area (Å²) in [5, 5.41) is 5.34. The number of primary amides is 1. The summed E-state index contributed by atoms with van der Waals surface area (Å²) < 4.78 is 15.2. The van der Waals surface area contributed by atoms with Crippen molar-refractivity contribution in [1.82, 2.24) is 14.8 Å². The van der Waals surface area contributed by atoms with E-state index in [1.165, 1.54) is 12.1 Å². The first-order chi connectivity index (χ1) is 18.8. The fourth-order valence-electron chi connectivity index (χ4n) is 5.68. The Kier molecular flexibility index (Phi) is 5.95. The zero-order valence-electron chi connectivity index (χ0n) is 21.5. The second-order valence-electron chi connectivity index (χ2n) is 9.96. The predicted octanol–water partition coefficient (Wildman–Crippen LogP) is 5.47. The molecule has 3 atom stereocenters. The molecule has 1 aliphatic rings. The largest absolute Gasteiger partial charge is 0.366 e. The molecule has 3 heterocycles. The van der Waals surface area contributed by atoms with Gasteiger partial charge in [0.15, 0.2) is 0 Å². The van der Waals surface area contributed by atoms with Gasteiger partial charge in [0.25, 0.3) is 5.91 Å². The highest BCUT2D eigenvalue weighted by atomic mass is 19.1. The SMILES string of the molecule is Cc1cccc(C2C(c3ncccc3C(N)=O)C(C)C(=O)N2c2ccc3c(cnn3-c3ccc(F)cc3)c2)c1. The molecular formula is C31H26FN5O2. The van der Waals surface area contributed by atoms with Crippen LogP contribution in [0.1, 0.15) is 46.1 Å². The molecule has 6 rings (SSSR count). The van der Waals surface area contributed by atoms with Gasteiger partial charge < -0.3 is 10.6 Å². The Morgan fingerprint density at radius 3 is 2.49 bits per heavy atom. The van der Waals surface area contributed by atoms with Gasteiger partial charge in [-0.1, -0.05) is 36.8 Å². The molecule has 2 N–H and O–H groups in total. The van der Waals surface area contributed by atoms with E-state index < -0.39 is 23.8 Å². The smallest absolute Gasteiger partial charge is 0.250 e. The second kappa shape index (κ2) is 9.47. The summed E-state index contributed by atoms with van der Waals surface area (Å²) in [5.41, 5.74) is 10.8. The van der Waals surface area contributed by atoms with Gasteiger partial charge >= 0.3 is 0 Å². The number of nitrogens with two attached hydrogens (primary N) is 1. The van der Waals surface area contributed by atoms with E-state index in [2.05, 4.69) is 16.1 Å². The molecule has 2 aromatic heterocycles. The van der Waals surface area contributed by atoms with E-state index >= 15 is 0 Å². The van der Waals surface area contributed by atoms with Crippen molar-refractivity contribution < 1.29 is 14.0 Å². The average molecular weight is 520 g/mol. The standard InChI is InChI=1S/C31H26FN5O2/c1-18-5-3-6-20(15-18)29-27(28-25(30(33)38)7-4-14-34-28)19(2)31(39)36(29)24-12-13-26-21(16-24)17-35-37(26)23-10-8-22(32)9-11-23/h3-17,19,27,29H,1-2H3,(H2,33,38). The van der Waals surface area contributed by atoms with Gasteiger partial charge in [-0.15, -0.1) is 0 Å².